The number of carbonyl (C=O) groups excluding carboxylic acids is 2. The van der Waals surface area contributed by atoms with Gasteiger partial charge in [-0.2, -0.15) is 0 Å². The number of morpholine rings is 1. The van der Waals surface area contributed by atoms with Crippen LogP contribution in [0.2, 0.25) is 0 Å². The van der Waals surface area contributed by atoms with Crippen LogP contribution in [-0.2, 0) is 23.8 Å². The molecule has 0 radical (unpaired) electrons. The smallest absolute Gasteiger partial charge is 0.324 e. The highest BCUT2D eigenvalue weighted by atomic mass is 16.5. The van der Waals surface area contributed by atoms with Gasteiger partial charge < -0.3 is 14.2 Å². The average molecular weight is 273 g/mol. The molecule has 1 aliphatic rings. The zero-order valence-electron chi connectivity index (χ0n) is 12.1. The van der Waals surface area contributed by atoms with Gasteiger partial charge in [0.2, 0.25) is 0 Å². The predicted octanol–water partition coefficient (Wildman–Crippen LogP) is 0.450. The third-order valence-corrected chi connectivity index (χ3v) is 3.32. The molecule has 1 rings (SSSR count). The zero-order chi connectivity index (χ0) is 14.5. The van der Waals surface area contributed by atoms with Gasteiger partial charge in [0.25, 0.3) is 0 Å². The highest BCUT2D eigenvalue weighted by molar-refractivity contribution is 5.87. The van der Waals surface area contributed by atoms with E-state index in [1.807, 2.05) is 4.90 Å². The first kappa shape index (κ1) is 15.9. The Morgan fingerprint density at radius 1 is 1.32 bits per heavy atom. The van der Waals surface area contributed by atoms with Crippen molar-refractivity contribution in [3.05, 3.63) is 0 Å². The van der Waals surface area contributed by atoms with Gasteiger partial charge in [0.15, 0.2) is 0 Å². The number of nitrogens with zero attached hydrogens (tertiary/aromatic N) is 1. The van der Waals surface area contributed by atoms with Gasteiger partial charge in [-0.15, -0.1) is 0 Å². The fourth-order valence-electron chi connectivity index (χ4n) is 2.28. The van der Waals surface area contributed by atoms with E-state index in [0.717, 1.165) is 0 Å². The van der Waals surface area contributed by atoms with Gasteiger partial charge in [-0.05, 0) is 20.8 Å². The van der Waals surface area contributed by atoms with Gasteiger partial charge in [-0.1, -0.05) is 0 Å². The molecule has 6 nitrogen and oxygen atoms in total. The highest BCUT2D eigenvalue weighted by Crippen LogP contribution is 2.28. The summed E-state index contributed by atoms with van der Waals surface area (Å²) in [5.41, 5.74) is -0.958. The largest absolute Gasteiger partial charge is 0.468 e. The molecule has 1 unspecified atom stereocenters. The molecule has 6 heteroatoms. The van der Waals surface area contributed by atoms with E-state index in [1.165, 1.54) is 7.11 Å². The Labute approximate surface area is 114 Å². The molecule has 0 aliphatic carbocycles. The van der Waals surface area contributed by atoms with E-state index in [2.05, 4.69) is 0 Å². The second-order valence-electron chi connectivity index (χ2n) is 5.02. The highest BCUT2D eigenvalue weighted by Gasteiger charge is 2.47. The van der Waals surface area contributed by atoms with Gasteiger partial charge in [0.1, 0.15) is 6.04 Å². The molecule has 0 aromatic heterocycles. The van der Waals surface area contributed by atoms with Crippen molar-refractivity contribution < 1.29 is 23.8 Å². The third-order valence-electron chi connectivity index (χ3n) is 3.32. The first-order chi connectivity index (χ1) is 8.95. The Bertz CT molecular complexity index is 323. The lowest BCUT2D eigenvalue weighted by Gasteiger charge is -2.39. The summed E-state index contributed by atoms with van der Waals surface area (Å²) in [4.78, 5) is 26.1. The number of esters is 2. The predicted molar refractivity (Wildman–Crippen MR) is 68.6 cm³/mol. The number of carbonyl (C=O) groups is 2. The second kappa shape index (κ2) is 6.86. The van der Waals surface area contributed by atoms with Crippen molar-refractivity contribution in [3.8, 4) is 0 Å². The van der Waals surface area contributed by atoms with Crippen LogP contribution < -0.4 is 0 Å². The Balaban J connectivity index is 2.94. The second-order valence-corrected chi connectivity index (χ2v) is 5.02. The molecule has 1 atom stereocenters. The normalized spacial score (nSPS) is 18.7. The topological polar surface area (TPSA) is 65.1 Å². The summed E-state index contributed by atoms with van der Waals surface area (Å²) >= 11 is 0. The van der Waals surface area contributed by atoms with Gasteiger partial charge in [0, 0.05) is 13.1 Å². The Kier molecular flexibility index (Phi) is 5.75. The van der Waals surface area contributed by atoms with Gasteiger partial charge in [0.05, 0.1) is 32.3 Å². The van der Waals surface area contributed by atoms with Crippen molar-refractivity contribution in [2.75, 3.05) is 40.0 Å². The summed E-state index contributed by atoms with van der Waals surface area (Å²) in [5, 5.41) is 0. The molecule has 0 bridgehead atoms. The van der Waals surface area contributed by atoms with Crippen molar-refractivity contribution in [1.82, 2.24) is 4.90 Å². The molecule has 1 aliphatic heterocycles. The van der Waals surface area contributed by atoms with Gasteiger partial charge in [-0.25, -0.2) is 0 Å². The number of hydrogen-bond acceptors (Lipinski definition) is 6. The summed E-state index contributed by atoms with van der Waals surface area (Å²) < 4.78 is 15.2. The maximum absolute atomic E-state index is 12.1. The van der Waals surface area contributed by atoms with Crippen LogP contribution in [0, 0.1) is 5.41 Å². The lowest BCUT2D eigenvalue weighted by molar-refractivity contribution is -0.170. The van der Waals surface area contributed by atoms with Crippen LogP contribution in [0.15, 0.2) is 0 Å². The molecule has 0 amide bonds. The monoisotopic (exact) mass is 273 g/mol. The molecule has 1 saturated heterocycles. The maximum Gasteiger partial charge on any atom is 0.324 e. The minimum Gasteiger partial charge on any atom is -0.468 e. The summed E-state index contributed by atoms with van der Waals surface area (Å²) in [5.74, 6) is -0.808. The summed E-state index contributed by atoms with van der Waals surface area (Å²) in [6, 6.07) is -0.652. The fourth-order valence-corrected chi connectivity index (χ4v) is 2.28. The zero-order valence-corrected chi connectivity index (χ0v) is 12.1. The van der Waals surface area contributed by atoms with Crippen LogP contribution in [-0.4, -0.2) is 62.9 Å². The van der Waals surface area contributed by atoms with E-state index in [0.29, 0.717) is 32.9 Å². The molecule has 110 valence electrons. The van der Waals surface area contributed by atoms with Crippen LogP contribution in [0.4, 0.5) is 0 Å². The number of rotatable bonds is 5. The Hall–Kier alpha value is -1.14. The average Bonchev–Trinajstić information content (AvgIpc) is 2.40. The molecule has 0 spiro atoms. The van der Waals surface area contributed by atoms with Crippen molar-refractivity contribution in [2.45, 2.75) is 26.8 Å². The first-order valence-corrected chi connectivity index (χ1v) is 6.52. The molecule has 0 aromatic carbocycles. The number of methoxy groups -OCH3 is 1. The van der Waals surface area contributed by atoms with E-state index in [9.17, 15) is 9.59 Å². The molecular formula is C13H23NO5. The Morgan fingerprint density at radius 3 is 2.37 bits per heavy atom. The lowest BCUT2D eigenvalue weighted by atomic mass is 9.83. The van der Waals surface area contributed by atoms with E-state index >= 15 is 0 Å². The molecule has 0 N–H and O–H groups in total. The van der Waals surface area contributed by atoms with E-state index in [4.69, 9.17) is 14.2 Å². The quantitative estimate of drug-likeness (QED) is 0.678. The van der Waals surface area contributed by atoms with Gasteiger partial charge >= 0.3 is 11.9 Å². The molecule has 1 fully saturated rings. The molecule has 19 heavy (non-hydrogen) atoms. The minimum absolute atomic E-state index is 0.291. The van der Waals surface area contributed by atoms with Crippen LogP contribution in [0.25, 0.3) is 0 Å². The van der Waals surface area contributed by atoms with Crippen molar-refractivity contribution >= 4 is 11.9 Å². The maximum atomic E-state index is 12.1. The first-order valence-electron chi connectivity index (χ1n) is 6.52. The number of ether oxygens (including phenoxy) is 3. The van der Waals surface area contributed by atoms with E-state index < -0.39 is 23.4 Å². The van der Waals surface area contributed by atoms with Gasteiger partial charge in [-0.3, -0.25) is 14.5 Å². The summed E-state index contributed by atoms with van der Waals surface area (Å²) in [6.07, 6.45) is 0. The van der Waals surface area contributed by atoms with Crippen molar-refractivity contribution in [1.29, 1.82) is 0 Å². The van der Waals surface area contributed by atoms with Crippen LogP contribution in [0.5, 0.6) is 0 Å². The molecule has 1 heterocycles. The number of hydrogen-bond donors (Lipinski definition) is 0. The minimum atomic E-state index is -0.958. The molecule has 0 aromatic rings. The van der Waals surface area contributed by atoms with E-state index in [-0.39, 0.29) is 0 Å². The molecular weight excluding hydrogens is 250 g/mol. The molecule has 0 saturated carbocycles. The van der Waals surface area contributed by atoms with Crippen LogP contribution in [0.3, 0.4) is 0 Å². The fraction of sp³-hybridized carbons (Fsp3) is 0.846. The van der Waals surface area contributed by atoms with Crippen LogP contribution >= 0.6 is 0 Å². The SMILES string of the molecule is CCOC(=O)C(C)(C)C(C(=O)OC)N1CCOCC1. The summed E-state index contributed by atoms with van der Waals surface area (Å²) in [7, 11) is 1.33. The van der Waals surface area contributed by atoms with Crippen LogP contribution in [0.1, 0.15) is 20.8 Å². The van der Waals surface area contributed by atoms with Crippen molar-refractivity contribution in [3.63, 3.8) is 0 Å². The lowest BCUT2D eigenvalue weighted by Crippen LogP contribution is -2.57. The standard InChI is InChI=1S/C13H23NO5/c1-5-19-12(16)13(2,3)10(11(15)17-4)14-6-8-18-9-7-14/h10H,5-9H2,1-4H3. The third kappa shape index (κ3) is 3.67. The summed E-state index contributed by atoms with van der Waals surface area (Å²) in [6.45, 7) is 7.75. The van der Waals surface area contributed by atoms with Crippen molar-refractivity contribution in [2.24, 2.45) is 5.41 Å². The Morgan fingerprint density at radius 2 is 1.89 bits per heavy atom. The van der Waals surface area contributed by atoms with E-state index in [1.54, 1.807) is 20.8 Å².